The molecule has 0 amide bonds. The van der Waals surface area contributed by atoms with Crippen molar-refractivity contribution < 1.29 is 5.11 Å². The van der Waals surface area contributed by atoms with E-state index in [4.69, 9.17) is 10.8 Å². The monoisotopic (exact) mass is 230 g/mol. The molecule has 0 aliphatic heterocycles. The van der Waals surface area contributed by atoms with E-state index in [-0.39, 0.29) is 0 Å². The van der Waals surface area contributed by atoms with Gasteiger partial charge in [0, 0.05) is 10.7 Å². The van der Waals surface area contributed by atoms with E-state index in [9.17, 15) is 0 Å². The van der Waals surface area contributed by atoms with Gasteiger partial charge in [-0.2, -0.15) is 0 Å². The molecule has 66 valence electrons. The van der Waals surface area contributed by atoms with Crippen LogP contribution in [0.2, 0.25) is 0 Å². The topological polar surface area (TPSA) is 59.1 Å². The van der Waals surface area contributed by atoms with Gasteiger partial charge in [0.25, 0.3) is 0 Å². The zero-order chi connectivity index (χ0) is 9.14. The molecule has 1 aromatic heterocycles. The van der Waals surface area contributed by atoms with E-state index in [1.807, 2.05) is 6.07 Å². The van der Waals surface area contributed by atoms with Crippen LogP contribution in [-0.4, -0.2) is 16.2 Å². The Labute approximate surface area is 79.7 Å². The second-order valence-corrected chi connectivity index (χ2v) is 3.58. The second-order valence-electron chi connectivity index (χ2n) is 2.67. The van der Waals surface area contributed by atoms with E-state index in [1.54, 1.807) is 19.2 Å². The van der Waals surface area contributed by atoms with Crippen LogP contribution >= 0.6 is 15.9 Å². The average molecular weight is 231 g/mol. The third-order valence-electron chi connectivity index (χ3n) is 1.61. The lowest BCUT2D eigenvalue weighted by atomic mass is 10.1. The standard InChI is InChI=1S/C8H11BrN2O/c1-5(12)8(10)7-3-2-6(9)4-11-7/h2-5,8,12H,10H2,1H3/t5-,8+/m1/s1. The number of halogens is 1. The lowest BCUT2D eigenvalue weighted by molar-refractivity contribution is 0.162. The summed E-state index contributed by atoms with van der Waals surface area (Å²) in [5, 5.41) is 9.17. The first kappa shape index (κ1) is 9.64. The molecule has 1 heterocycles. The molecule has 3 nitrogen and oxygen atoms in total. The van der Waals surface area contributed by atoms with Gasteiger partial charge in [-0.25, -0.2) is 0 Å². The highest BCUT2D eigenvalue weighted by Gasteiger charge is 2.12. The summed E-state index contributed by atoms with van der Waals surface area (Å²) in [5.74, 6) is 0. The number of nitrogens with two attached hydrogens (primary N) is 1. The van der Waals surface area contributed by atoms with E-state index in [0.717, 1.165) is 4.47 Å². The molecular formula is C8H11BrN2O. The Hall–Kier alpha value is -0.450. The maximum Gasteiger partial charge on any atom is 0.0730 e. The van der Waals surface area contributed by atoms with Crippen LogP contribution in [0, 0.1) is 0 Å². The SMILES string of the molecule is C[C@@H](O)[C@H](N)c1ccc(Br)cn1. The molecule has 3 N–H and O–H groups in total. The summed E-state index contributed by atoms with van der Waals surface area (Å²) < 4.78 is 0.907. The van der Waals surface area contributed by atoms with E-state index in [2.05, 4.69) is 20.9 Å². The minimum atomic E-state index is -0.571. The summed E-state index contributed by atoms with van der Waals surface area (Å²) in [5.41, 5.74) is 6.36. The lowest BCUT2D eigenvalue weighted by Crippen LogP contribution is -2.23. The summed E-state index contributed by atoms with van der Waals surface area (Å²) in [6.07, 6.45) is 1.09. The van der Waals surface area contributed by atoms with Crippen molar-refractivity contribution in [2.75, 3.05) is 0 Å². The summed E-state index contributed by atoms with van der Waals surface area (Å²) in [6, 6.07) is 3.24. The molecule has 0 spiro atoms. The Balaban J connectivity index is 2.82. The first-order valence-electron chi connectivity index (χ1n) is 3.66. The first-order valence-corrected chi connectivity index (χ1v) is 4.45. The first-order chi connectivity index (χ1) is 5.61. The largest absolute Gasteiger partial charge is 0.391 e. The molecular weight excluding hydrogens is 220 g/mol. The van der Waals surface area contributed by atoms with Crippen LogP contribution in [0.5, 0.6) is 0 Å². The van der Waals surface area contributed by atoms with Crippen LogP contribution in [0.1, 0.15) is 18.7 Å². The number of nitrogens with zero attached hydrogens (tertiary/aromatic N) is 1. The predicted octanol–water partition coefficient (Wildman–Crippen LogP) is 1.22. The number of aromatic nitrogens is 1. The molecule has 4 heteroatoms. The van der Waals surface area contributed by atoms with Crippen molar-refractivity contribution in [2.24, 2.45) is 5.73 Å². The number of aliphatic hydroxyl groups excluding tert-OH is 1. The molecule has 0 fully saturated rings. The molecule has 0 aliphatic carbocycles. The van der Waals surface area contributed by atoms with Gasteiger partial charge in [-0.15, -0.1) is 0 Å². The van der Waals surface area contributed by atoms with Gasteiger partial charge >= 0.3 is 0 Å². The quantitative estimate of drug-likeness (QED) is 0.804. The van der Waals surface area contributed by atoms with E-state index in [1.165, 1.54) is 0 Å². The van der Waals surface area contributed by atoms with Crippen molar-refractivity contribution in [3.63, 3.8) is 0 Å². The van der Waals surface area contributed by atoms with Gasteiger partial charge in [0.1, 0.15) is 0 Å². The fourth-order valence-corrected chi connectivity index (χ4v) is 1.07. The maximum absolute atomic E-state index is 9.17. The minimum Gasteiger partial charge on any atom is -0.391 e. The second kappa shape index (κ2) is 3.98. The van der Waals surface area contributed by atoms with Crippen LogP contribution < -0.4 is 5.73 Å². The highest BCUT2D eigenvalue weighted by molar-refractivity contribution is 9.10. The fraction of sp³-hybridized carbons (Fsp3) is 0.375. The predicted molar refractivity (Wildman–Crippen MR) is 50.5 cm³/mol. The Kier molecular flexibility index (Phi) is 3.20. The number of hydrogen-bond acceptors (Lipinski definition) is 3. The number of pyridine rings is 1. The van der Waals surface area contributed by atoms with Crippen molar-refractivity contribution >= 4 is 15.9 Å². The molecule has 0 saturated carbocycles. The van der Waals surface area contributed by atoms with Crippen molar-refractivity contribution in [2.45, 2.75) is 19.1 Å². The summed E-state index contributed by atoms with van der Waals surface area (Å²) in [6.45, 7) is 1.65. The van der Waals surface area contributed by atoms with Gasteiger partial charge < -0.3 is 10.8 Å². The van der Waals surface area contributed by atoms with Crippen molar-refractivity contribution in [3.05, 3.63) is 28.5 Å². The summed E-state index contributed by atoms with van der Waals surface area (Å²) in [4.78, 5) is 4.07. The molecule has 1 rings (SSSR count). The van der Waals surface area contributed by atoms with Gasteiger partial charge in [0.05, 0.1) is 17.8 Å². The minimum absolute atomic E-state index is 0.405. The van der Waals surface area contributed by atoms with Crippen LogP contribution in [-0.2, 0) is 0 Å². The van der Waals surface area contributed by atoms with E-state index < -0.39 is 12.1 Å². The van der Waals surface area contributed by atoms with E-state index >= 15 is 0 Å². The normalized spacial score (nSPS) is 15.7. The number of hydrogen-bond donors (Lipinski definition) is 2. The fourth-order valence-electron chi connectivity index (χ4n) is 0.832. The van der Waals surface area contributed by atoms with Crippen molar-refractivity contribution in [1.29, 1.82) is 0 Å². The van der Waals surface area contributed by atoms with Crippen LogP contribution in [0.3, 0.4) is 0 Å². The molecule has 0 unspecified atom stereocenters. The van der Waals surface area contributed by atoms with Gasteiger partial charge in [-0.05, 0) is 35.0 Å². The Bertz CT molecular complexity index is 248. The van der Waals surface area contributed by atoms with Crippen LogP contribution in [0.4, 0.5) is 0 Å². The molecule has 2 atom stereocenters. The van der Waals surface area contributed by atoms with E-state index in [0.29, 0.717) is 5.69 Å². The zero-order valence-corrected chi connectivity index (χ0v) is 8.32. The molecule has 0 saturated heterocycles. The van der Waals surface area contributed by atoms with Gasteiger partial charge in [-0.3, -0.25) is 4.98 Å². The van der Waals surface area contributed by atoms with Crippen molar-refractivity contribution in [3.8, 4) is 0 Å². The molecule has 0 aliphatic rings. The molecule has 0 bridgehead atoms. The van der Waals surface area contributed by atoms with Gasteiger partial charge in [0.2, 0.25) is 0 Å². The zero-order valence-electron chi connectivity index (χ0n) is 6.74. The highest BCUT2D eigenvalue weighted by Crippen LogP contribution is 2.14. The molecule has 0 aromatic carbocycles. The third kappa shape index (κ3) is 2.27. The smallest absolute Gasteiger partial charge is 0.0730 e. The highest BCUT2D eigenvalue weighted by atomic mass is 79.9. The summed E-state index contributed by atoms with van der Waals surface area (Å²) >= 11 is 3.27. The lowest BCUT2D eigenvalue weighted by Gasteiger charge is -2.13. The molecule has 12 heavy (non-hydrogen) atoms. The Morgan fingerprint density at radius 3 is 2.67 bits per heavy atom. The van der Waals surface area contributed by atoms with Gasteiger partial charge in [-0.1, -0.05) is 0 Å². The third-order valence-corrected chi connectivity index (χ3v) is 2.08. The Morgan fingerprint density at radius 1 is 1.58 bits per heavy atom. The Morgan fingerprint density at radius 2 is 2.25 bits per heavy atom. The molecule has 1 aromatic rings. The summed E-state index contributed by atoms with van der Waals surface area (Å²) in [7, 11) is 0. The number of aliphatic hydroxyl groups is 1. The van der Waals surface area contributed by atoms with Gasteiger partial charge in [0.15, 0.2) is 0 Å². The molecule has 0 radical (unpaired) electrons. The van der Waals surface area contributed by atoms with Crippen LogP contribution in [0.15, 0.2) is 22.8 Å². The van der Waals surface area contributed by atoms with Crippen LogP contribution in [0.25, 0.3) is 0 Å². The van der Waals surface area contributed by atoms with Crippen molar-refractivity contribution in [1.82, 2.24) is 4.98 Å². The maximum atomic E-state index is 9.17. The average Bonchev–Trinajstić information content (AvgIpc) is 2.04. The number of rotatable bonds is 2.